The van der Waals surface area contributed by atoms with Gasteiger partial charge in [0, 0.05) is 11.3 Å². The van der Waals surface area contributed by atoms with Crippen LogP contribution in [-0.4, -0.2) is 20.6 Å². The van der Waals surface area contributed by atoms with E-state index < -0.39 is 9.84 Å². The molecule has 0 bridgehead atoms. The van der Waals surface area contributed by atoms with Crippen molar-refractivity contribution in [2.45, 2.75) is 11.3 Å². The summed E-state index contributed by atoms with van der Waals surface area (Å²) in [5.41, 5.74) is 1.13. The van der Waals surface area contributed by atoms with Gasteiger partial charge >= 0.3 is 0 Å². The van der Waals surface area contributed by atoms with E-state index in [0.29, 0.717) is 21.3 Å². The number of anilines is 1. The number of benzene rings is 2. The Kier molecular flexibility index (Phi) is 5.11. The van der Waals surface area contributed by atoms with Crippen molar-refractivity contribution in [1.82, 2.24) is 0 Å². The third-order valence-corrected chi connectivity index (χ3v) is 4.61. The number of amides is 1. The molecule has 1 amide bonds. The fraction of sp³-hybridized carbons (Fsp3) is 0.133. The van der Waals surface area contributed by atoms with Crippen molar-refractivity contribution in [2.24, 2.45) is 0 Å². The van der Waals surface area contributed by atoms with E-state index >= 15 is 0 Å². The van der Waals surface area contributed by atoms with Crippen molar-refractivity contribution >= 4 is 44.6 Å². The Morgan fingerprint density at radius 1 is 1.09 bits per heavy atom. The molecule has 0 atom stereocenters. The van der Waals surface area contributed by atoms with E-state index in [-0.39, 0.29) is 17.2 Å². The molecular weight excluding hydrogens is 345 g/mol. The molecule has 2 rings (SSSR count). The lowest BCUT2D eigenvalue weighted by atomic mass is 10.1. The topological polar surface area (TPSA) is 63.2 Å². The minimum absolute atomic E-state index is 0.104. The van der Waals surface area contributed by atoms with Crippen LogP contribution in [0.5, 0.6) is 0 Å². The van der Waals surface area contributed by atoms with Gasteiger partial charge < -0.3 is 5.32 Å². The van der Waals surface area contributed by atoms with E-state index in [0.717, 1.165) is 6.26 Å². The zero-order chi connectivity index (χ0) is 16.3. The number of carbonyl (C=O) groups is 1. The van der Waals surface area contributed by atoms with Crippen molar-refractivity contribution in [1.29, 1.82) is 0 Å². The Balaban J connectivity index is 2.07. The Morgan fingerprint density at radius 3 is 2.32 bits per heavy atom. The molecule has 0 aromatic heterocycles. The van der Waals surface area contributed by atoms with Gasteiger partial charge in [0.1, 0.15) is 0 Å². The summed E-state index contributed by atoms with van der Waals surface area (Å²) in [6.07, 6.45) is 1.24. The highest BCUT2D eigenvalue weighted by Gasteiger charge is 2.10. The molecule has 2 aromatic carbocycles. The van der Waals surface area contributed by atoms with Crippen LogP contribution in [0.25, 0.3) is 0 Å². The van der Waals surface area contributed by atoms with E-state index in [1.807, 2.05) is 0 Å². The number of sulfone groups is 1. The van der Waals surface area contributed by atoms with Crippen LogP contribution in [0.4, 0.5) is 5.69 Å². The first kappa shape index (κ1) is 16.8. The molecular formula is C15H13Cl2NO3S. The average Bonchev–Trinajstić information content (AvgIpc) is 2.42. The van der Waals surface area contributed by atoms with Gasteiger partial charge in [0.05, 0.1) is 22.0 Å². The van der Waals surface area contributed by atoms with E-state index in [1.54, 1.807) is 30.3 Å². The van der Waals surface area contributed by atoms with E-state index in [9.17, 15) is 13.2 Å². The molecule has 0 aliphatic carbocycles. The highest BCUT2D eigenvalue weighted by molar-refractivity contribution is 7.90. The van der Waals surface area contributed by atoms with Gasteiger partial charge in [-0.2, -0.15) is 0 Å². The molecule has 116 valence electrons. The van der Waals surface area contributed by atoms with Gasteiger partial charge in [-0.15, -0.1) is 0 Å². The van der Waals surface area contributed by atoms with Crippen LogP contribution in [0.2, 0.25) is 10.0 Å². The SMILES string of the molecule is CS(=O)(=O)c1ccc(CC(=O)Nc2cc(Cl)ccc2Cl)cc1. The lowest BCUT2D eigenvalue weighted by molar-refractivity contribution is -0.115. The lowest BCUT2D eigenvalue weighted by Gasteiger charge is -2.08. The number of halogens is 2. The second kappa shape index (κ2) is 6.69. The predicted molar refractivity (Wildman–Crippen MR) is 88.3 cm³/mol. The van der Waals surface area contributed by atoms with Crippen molar-refractivity contribution in [3.05, 3.63) is 58.1 Å². The highest BCUT2D eigenvalue weighted by atomic mass is 35.5. The molecule has 7 heteroatoms. The van der Waals surface area contributed by atoms with E-state index in [4.69, 9.17) is 23.2 Å². The van der Waals surface area contributed by atoms with Crippen LogP contribution >= 0.6 is 23.2 Å². The first-order valence-corrected chi connectivity index (χ1v) is 8.94. The number of nitrogens with one attached hydrogen (secondary N) is 1. The summed E-state index contributed by atoms with van der Waals surface area (Å²) in [7, 11) is -3.24. The predicted octanol–water partition coefficient (Wildman–Crippen LogP) is 3.58. The van der Waals surface area contributed by atoms with Gasteiger partial charge in [0.2, 0.25) is 5.91 Å². The summed E-state index contributed by atoms with van der Waals surface area (Å²) in [6.45, 7) is 0. The molecule has 22 heavy (non-hydrogen) atoms. The molecule has 0 unspecified atom stereocenters. The first-order valence-electron chi connectivity index (χ1n) is 6.29. The summed E-state index contributed by atoms with van der Waals surface area (Å²) >= 11 is 11.8. The quantitative estimate of drug-likeness (QED) is 0.909. The molecule has 0 radical (unpaired) electrons. The summed E-state index contributed by atoms with van der Waals surface area (Å²) in [6, 6.07) is 11.0. The summed E-state index contributed by atoms with van der Waals surface area (Å²) in [5, 5.41) is 3.53. The van der Waals surface area contributed by atoms with Gasteiger partial charge in [0.15, 0.2) is 9.84 Å². The summed E-state index contributed by atoms with van der Waals surface area (Å²) < 4.78 is 22.7. The Hall–Kier alpha value is -1.56. The van der Waals surface area contributed by atoms with Crippen LogP contribution in [-0.2, 0) is 21.1 Å². The minimum Gasteiger partial charge on any atom is -0.324 e. The van der Waals surface area contributed by atoms with E-state index in [2.05, 4.69) is 5.32 Å². The molecule has 0 spiro atoms. The van der Waals surface area contributed by atoms with Crippen LogP contribution < -0.4 is 5.32 Å². The Morgan fingerprint density at radius 2 is 1.73 bits per heavy atom. The first-order chi connectivity index (χ1) is 10.3. The second-order valence-electron chi connectivity index (χ2n) is 4.77. The standard InChI is InChI=1S/C15H13Cl2NO3S/c1-22(20,21)12-5-2-10(3-6-12)8-15(19)18-14-9-11(16)4-7-13(14)17/h2-7,9H,8H2,1H3,(H,18,19). The monoisotopic (exact) mass is 357 g/mol. The summed E-state index contributed by atoms with van der Waals surface area (Å²) in [5.74, 6) is -0.267. The zero-order valence-corrected chi connectivity index (χ0v) is 14.0. The smallest absolute Gasteiger partial charge is 0.228 e. The van der Waals surface area contributed by atoms with Gasteiger partial charge in [0.25, 0.3) is 0 Å². The number of carbonyl (C=O) groups excluding carboxylic acids is 1. The lowest BCUT2D eigenvalue weighted by Crippen LogP contribution is -2.14. The second-order valence-corrected chi connectivity index (χ2v) is 7.62. The fourth-order valence-electron chi connectivity index (χ4n) is 1.83. The molecule has 0 saturated carbocycles. The molecule has 0 fully saturated rings. The normalized spacial score (nSPS) is 11.2. The van der Waals surface area contributed by atoms with Crippen molar-refractivity contribution < 1.29 is 13.2 Å². The molecule has 0 saturated heterocycles. The zero-order valence-electron chi connectivity index (χ0n) is 11.6. The van der Waals surface area contributed by atoms with Crippen molar-refractivity contribution in [2.75, 3.05) is 11.6 Å². The van der Waals surface area contributed by atoms with Gasteiger partial charge in [-0.05, 0) is 35.9 Å². The molecule has 0 heterocycles. The molecule has 1 N–H and O–H groups in total. The Labute approximate surface area is 139 Å². The van der Waals surface area contributed by atoms with Crippen LogP contribution in [0, 0.1) is 0 Å². The van der Waals surface area contributed by atoms with Crippen LogP contribution in [0.3, 0.4) is 0 Å². The molecule has 4 nitrogen and oxygen atoms in total. The molecule has 0 aliphatic rings. The minimum atomic E-state index is -3.24. The number of rotatable bonds is 4. The maximum atomic E-state index is 12.0. The highest BCUT2D eigenvalue weighted by Crippen LogP contribution is 2.25. The third kappa shape index (κ3) is 4.47. The van der Waals surface area contributed by atoms with Gasteiger partial charge in [-0.1, -0.05) is 35.3 Å². The van der Waals surface area contributed by atoms with Gasteiger partial charge in [-0.25, -0.2) is 8.42 Å². The largest absolute Gasteiger partial charge is 0.324 e. The fourth-order valence-corrected chi connectivity index (χ4v) is 2.79. The molecule has 0 aliphatic heterocycles. The summed E-state index contributed by atoms with van der Waals surface area (Å²) in [4.78, 5) is 12.2. The van der Waals surface area contributed by atoms with Crippen molar-refractivity contribution in [3.63, 3.8) is 0 Å². The van der Waals surface area contributed by atoms with Crippen LogP contribution in [0.1, 0.15) is 5.56 Å². The maximum Gasteiger partial charge on any atom is 0.228 e. The number of hydrogen-bond donors (Lipinski definition) is 1. The number of hydrogen-bond acceptors (Lipinski definition) is 3. The molecule has 2 aromatic rings. The van der Waals surface area contributed by atoms with Crippen molar-refractivity contribution in [3.8, 4) is 0 Å². The average molecular weight is 358 g/mol. The third-order valence-electron chi connectivity index (χ3n) is 2.92. The van der Waals surface area contributed by atoms with Gasteiger partial charge in [-0.3, -0.25) is 4.79 Å². The van der Waals surface area contributed by atoms with E-state index in [1.165, 1.54) is 12.1 Å². The Bertz CT molecular complexity index is 802. The maximum absolute atomic E-state index is 12.0. The van der Waals surface area contributed by atoms with Crippen LogP contribution in [0.15, 0.2) is 47.4 Å².